The van der Waals surface area contributed by atoms with Gasteiger partial charge in [0.25, 0.3) is 11.5 Å². The molecule has 35 heavy (non-hydrogen) atoms. The van der Waals surface area contributed by atoms with E-state index in [1.54, 1.807) is 48.7 Å². The molecule has 0 aliphatic heterocycles. The zero-order valence-electron chi connectivity index (χ0n) is 19.5. The predicted molar refractivity (Wildman–Crippen MR) is 138 cm³/mol. The highest BCUT2D eigenvalue weighted by atomic mass is 35.5. The van der Waals surface area contributed by atoms with E-state index in [0.29, 0.717) is 41.2 Å². The third-order valence-corrected chi connectivity index (χ3v) is 5.67. The number of amides is 1. The van der Waals surface area contributed by atoms with Crippen molar-refractivity contribution in [1.82, 2.24) is 19.2 Å². The molecule has 2 heterocycles. The summed E-state index contributed by atoms with van der Waals surface area (Å²) < 4.78 is 2.83. The third-order valence-electron chi connectivity index (χ3n) is 5.43. The van der Waals surface area contributed by atoms with Crippen molar-refractivity contribution in [3.63, 3.8) is 0 Å². The molecule has 2 N–H and O–H groups in total. The van der Waals surface area contributed by atoms with Crippen molar-refractivity contribution in [3.05, 3.63) is 111 Å². The molecule has 0 unspecified atom stereocenters. The molecule has 0 atom stereocenters. The quantitative estimate of drug-likeness (QED) is 0.344. The lowest BCUT2D eigenvalue weighted by molar-refractivity contribution is 0.0994. The van der Waals surface area contributed by atoms with Crippen LogP contribution in [0.3, 0.4) is 0 Å². The van der Waals surface area contributed by atoms with E-state index in [-0.39, 0.29) is 16.9 Å². The molecule has 1 amide bonds. The van der Waals surface area contributed by atoms with Gasteiger partial charge in [0, 0.05) is 47.8 Å². The maximum absolute atomic E-state index is 12.1. The second-order valence-corrected chi connectivity index (χ2v) is 8.14. The van der Waals surface area contributed by atoms with Crippen molar-refractivity contribution in [3.8, 4) is 5.69 Å². The summed E-state index contributed by atoms with van der Waals surface area (Å²) >= 11 is 6.09. The molecule has 3 rings (SSSR count). The van der Waals surface area contributed by atoms with Crippen molar-refractivity contribution in [2.75, 3.05) is 13.6 Å². The normalized spacial score (nSPS) is 11.6. The van der Waals surface area contributed by atoms with Crippen molar-refractivity contribution in [2.45, 2.75) is 13.3 Å². The number of rotatable bonds is 10. The Morgan fingerprint density at radius 1 is 1.23 bits per heavy atom. The Hall–Kier alpha value is -4.17. The standard InChI is InChI=1S/C26H26ClN5O3/c1-4-20(12-11-18(2)31-14-6-5-10-24(31)34)30(3)15-13-22-23(17-33)32(29-25(22)26(28)35)21-9-7-8-19(27)16-21/h4-12,14,16-17H,2,13,15H2,1,3H3,(H2,28,35)/b12-11-,20-4+. The molecule has 0 saturated carbocycles. The van der Waals surface area contributed by atoms with E-state index in [1.807, 2.05) is 31.0 Å². The average Bonchev–Trinajstić information content (AvgIpc) is 3.22. The van der Waals surface area contributed by atoms with Crippen LogP contribution in [0.25, 0.3) is 11.4 Å². The monoisotopic (exact) mass is 491 g/mol. The first-order chi connectivity index (χ1) is 16.8. The summed E-state index contributed by atoms with van der Waals surface area (Å²) in [6, 6.07) is 11.7. The summed E-state index contributed by atoms with van der Waals surface area (Å²) in [5.74, 6) is -0.720. The molecule has 180 valence electrons. The first kappa shape index (κ1) is 25.5. The van der Waals surface area contributed by atoms with Crippen molar-refractivity contribution in [2.24, 2.45) is 5.73 Å². The number of hydrogen-bond donors (Lipinski definition) is 1. The number of halogens is 1. The summed E-state index contributed by atoms with van der Waals surface area (Å²) in [6.07, 6.45) is 8.14. The predicted octanol–water partition coefficient (Wildman–Crippen LogP) is 3.70. The number of pyridine rings is 1. The zero-order chi connectivity index (χ0) is 25.5. The van der Waals surface area contributed by atoms with Gasteiger partial charge in [-0.05, 0) is 49.8 Å². The van der Waals surface area contributed by atoms with E-state index in [1.165, 1.54) is 15.3 Å². The van der Waals surface area contributed by atoms with Crippen LogP contribution in [-0.2, 0) is 6.42 Å². The molecular formula is C26H26ClN5O3. The van der Waals surface area contributed by atoms with Gasteiger partial charge in [0.15, 0.2) is 12.0 Å². The Balaban J connectivity index is 1.83. The molecule has 3 aromatic rings. The molecule has 0 radical (unpaired) electrons. The van der Waals surface area contributed by atoms with E-state index < -0.39 is 5.91 Å². The molecule has 2 aromatic heterocycles. The minimum absolute atomic E-state index is 0.0369. The molecule has 0 fully saturated rings. The van der Waals surface area contributed by atoms with Gasteiger partial charge in [0.1, 0.15) is 5.69 Å². The number of benzene rings is 1. The van der Waals surface area contributed by atoms with Gasteiger partial charge in [-0.3, -0.25) is 19.0 Å². The molecule has 8 nitrogen and oxygen atoms in total. The highest BCUT2D eigenvalue weighted by molar-refractivity contribution is 6.30. The number of primary amides is 1. The summed E-state index contributed by atoms with van der Waals surface area (Å²) in [5, 5.41) is 4.77. The number of hydrogen-bond acceptors (Lipinski definition) is 5. The van der Waals surface area contributed by atoms with Crippen molar-refractivity contribution in [1.29, 1.82) is 0 Å². The van der Waals surface area contributed by atoms with Gasteiger partial charge in [-0.15, -0.1) is 0 Å². The van der Waals surface area contributed by atoms with Crippen LogP contribution in [-0.4, -0.2) is 45.0 Å². The van der Waals surface area contributed by atoms with Gasteiger partial charge in [-0.1, -0.05) is 36.4 Å². The summed E-state index contributed by atoms with van der Waals surface area (Å²) in [6.45, 7) is 6.30. The average molecular weight is 492 g/mol. The van der Waals surface area contributed by atoms with Crippen LogP contribution in [0.2, 0.25) is 5.02 Å². The molecule has 0 aliphatic rings. The molecule has 0 bridgehead atoms. The Morgan fingerprint density at radius 2 is 2.00 bits per heavy atom. The number of aldehydes is 1. The minimum Gasteiger partial charge on any atom is -0.375 e. The first-order valence-electron chi connectivity index (χ1n) is 10.8. The lowest BCUT2D eigenvalue weighted by Crippen LogP contribution is -2.22. The van der Waals surface area contributed by atoms with Crippen LogP contribution in [0.5, 0.6) is 0 Å². The largest absolute Gasteiger partial charge is 0.375 e. The van der Waals surface area contributed by atoms with Crippen LogP contribution in [0.1, 0.15) is 33.5 Å². The van der Waals surface area contributed by atoms with Crippen LogP contribution in [0.15, 0.2) is 84.0 Å². The molecule has 0 spiro atoms. The Kier molecular flexibility index (Phi) is 8.22. The van der Waals surface area contributed by atoms with Crippen molar-refractivity contribution < 1.29 is 9.59 Å². The van der Waals surface area contributed by atoms with Gasteiger partial charge in [-0.25, -0.2) is 4.68 Å². The van der Waals surface area contributed by atoms with Crippen LogP contribution < -0.4 is 11.3 Å². The minimum atomic E-state index is -0.720. The van der Waals surface area contributed by atoms with Crippen LogP contribution in [0.4, 0.5) is 0 Å². The third kappa shape index (κ3) is 5.85. The lowest BCUT2D eigenvalue weighted by atomic mass is 10.1. The lowest BCUT2D eigenvalue weighted by Gasteiger charge is -2.20. The fourth-order valence-corrected chi connectivity index (χ4v) is 3.80. The van der Waals surface area contributed by atoms with Gasteiger partial charge < -0.3 is 10.6 Å². The maximum atomic E-state index is 12.1. The zero-order valence-corrected chi connectivity index (χ0v) is 20.3. The van der Waals surface area contributed by atoms with Crippen LogP contribution >= 0.6 is 11.6 Å². The second kappa shape index (κ2) is 11.3. The van der Waals surface area contributed by atoms with Gasteiger partial charge in [0.2, 0.25) is 0 Å². The van der Waals surface area contributed by atoms with Crippen molar-refractivity contribution >= 4 is 29.5 Å². The molecule has 9 heteroatoms. The summed E-state index contributed by atoms with van der Waals surface area (Å²) in [7, 11) is 1.88. The number of carbonyl (C=O) groups excluding carboxylic acids is 2. The summed E-state index contributed by atoms with van der Waals surface area (Å²) in [4.78, 5) is 38.1. The molecule has 0 aliphatic carbocycles. The highest BCUT2D eigenvalue weighted by Gasteiger charge is 2.22. The molecule has 1 aromatic carbocycles. The SMILES string of the molecule is C=C(/C=C\C(=C/C)N(C)CCc1c(C(N)=O)nn(-c2cccc(Cl)c2)c1C=O)n1ccccc1=O. The number of allylic oxidation sites excluding steroid dienone is 4. The molecule has 0 saturated heterocycles. The Morgan fingerprint density at radius 3 is 2.63 bits per heavy atom. The number of aromatic nitrogens is 3. The fraction of sp³-hybridized carbons (Fsp3) is 0.154. The second-order valence-electron chi connectivity index (χ2n) is 7.70. The maximum Gasteiger partial charge on any atom is 0.269 e. The van der Waals surface area contributed by atoms with E-state index in [2.05, 4.69) is 11.7 Å². The van der Waals surface area contributed by atoms with Gasteiger partial charge in [-0.2, -0.15) is 5.10 Å². The first-order valence-corrected chi connectivity index (χ1v) is 11.2. The summed E-state index contributed by atoms with van der Waals surface area (Å²) in [5.41, 5.74) is 8.05. The van der Waals surface area contributed by atoms with Gasteiger partial charge in [0.05, 0.1) is 5.69 Å². The number of nitrogens with zero attached hydrogens (tertiary/aromatic N) is 4. The van der Waals surface area contributed by atoms with E-state index >= 15 is 0 Å². The fourth-order valence-electron chi connectivity index (χ4n) is 3.61. The van der Waals surface area contributed by atoms with E-state index in [9.17, 15) is 14.4 Å². The highest BCUT2D eigenvalue weighted by Crippen LogP contribution is 2.21. The van der Waals surface area contributed by atoms with E-state index in [0.717, 1.165) is 5.70 Å². The Bertz CT molecular complexity index is 1380. The Labute approximate surface area is 208 Å². The molecular weight excluding hydrogens is 466 g/mol. The smallest absolute Gasteiger partial charge is 0.269 e. The van der Waals surface area contributed by atoms with Crippen LogP contribution in [0, 0.1) is 0 Å². The number of likely N-dealkylation sites (N-methyl/N-ethyl adjacent to an activating group) is 1. The van der Waals surface area contributed by atoms with E-state index in [4.69, 9.17) is 17.3 Å². The number of nitrogens with two attached hydrogens (primary N) is 1. The topological polar surface area (TPSA) is 103 Å². The number of carbonyl (C=O) groups is 2. The van der Waals surface area contributed by atoms with Gasteiger partial charge >= 0.3 is 0 Å².